The monoisotopic (exact) mass is 444 g/mol. The van der Waals surface area contributed by atoms with E-state index in [9.17, 15) is 4.79 Å². The van der Waals surface area contributed by atoms with Crippen LogP contribution in [0.4, 0.5) is 11.4 Å². The number of aromatic nitrogens is 3. The van der Waals surface area contributed by atoms with Gasteiger partial charge in [-0.15, -0.1) is 10.2 Å². The fourth-order valence-corrected chi connectivity index (χ4v) is 3.86. The van der Waals surface area contributed by atoms with Gasteiger partial charge in [0.15, 0.2) is 0 Å². The van der Waals surface area contributed by atoms with E-state index in [4.69, 9.17) is 16.0 Å². The molecule has 1 aliphatic heterocycles. The molecule has 156 valence electrons. The largest absolute Gasteiger partial charge is 0.411 e. The number of amides is 1. The molecule has 0 atom stereocenters. The average Bonchev–Trinajstić information content (AvgIpc) is 3.23. The number of nitrogens with zero attached hydrogens (tertiary/aromatic N) is 5. The van der Waals surface area contributed by atoms with Crippen LogP contribution in [0.1, 0.15) is 0 Å². The summed E-state index contributed by atoms with van der Waals surface area (Å²) in [5, 5.41) is 11.9. The van der Waals surface area contributed by atoms with Crippen molar-refractivity contribution in [2.45, 2.75) is 5.22 Å². The van der Waals surface area contributed by atoms with Gasteiger partial charge in [-0.25, -0.2) is 0 Å². The number of carbonyl (C=O) groups is 1. The first-order valence-electron chi connectivity index (χ1n) is 9.48. The third-order valence-corrected chi connectivity index (χ3v) is 5.79. The molecule has 1 aliphatic rings. The van der Waals surface area contributed by atoms with E-state index in [1.807, 2.05) is 12.1 Å². The predicted molar refractivity (Wildman–Crippen MR) is 118 cm³/mol. The minimum absolute atomic E-state index is 0.146. The quantitative estimate of drug-likeness (QED) is 0.579. The molecule has 4 rings (SSSR count). The standard InChI is InChI=1S/C20H21ClN6O2S/c1-26-8-10-27(11-9-26)17-3-2-15(21)12-16(17)23-18(28)13-30-20-25-24-19(29-20)14-4-6-22-7-5-14/h2-7,12H,8-11,13H2,1H3,(H,23,28). The molecular weight excluding hydrogens is 424 g/mol. The summed E-state index contributed by atoms with van der Waals surface area (Å²) in [4.78, 5) is 21.1. The molecule has 0 radical (unpaired) electrons. The lowest BCUT2D eigenvalue weighted by Gasteiger charge is -2.35. The van der Waals surface area contributed by atoms with Crippen molar-refractivity contribution in [3.05, 3.63) is 47.7 Å². The highest BCUT2D eigenvalue weighted by molar-refractivity contribution is 7.99. The number of benzene rings is 1. The maximum Gasteiger partial charge on any atom is 0.277 e. The fraction of sp³-hybridized carbons (Fsp3) is 0.300. The van der Waals surface area contributed by atoms with Crippen molar-refractivity contribution in [2.24, 2.45) is 0 Å². The Morgan fingerprint density at radius 2 is 1.93 bits per heavy atom. The first kappa shape index (κ1) is 20.6. The van der Waals surface area contributed by atoms with Crippen LogP contribution in [0.25, 0.3) is 11.5 Å². The second kappa shape index (κ2) is 9.46. The topological polar surface area (TPSA) is 87.4 Å². The number of rotatable bonds is 6. The van der Waals surface area contributed by atoms with Crippen molar-refractivity contribution in [3.63, 3.8) is 0 Å². The van der Waals surface area contributed by atoms with Gasteiger partial charge in [-0.2, -0.15) is 0 Å². The van der Waals surface area contributed by atoms with E-state index in [1.54, 1.807) is 30.6 Å². The summed E-state index contributed by atoms with van der Waals surface area (Å²) in [6.07, 6.45) is 3.31. The van der Waals surface area contributed by atoms with Gasteiger partial charge < -0.3 is 19.5 Å². The lowest BCUT2D eigenvalue weighted by atomic mass is 10.2. The summed E-state index contributed by atoms with van der Waals surface area (Å²) >= 11 is 7.36. The molecule has 1 N–H and O–H groups in total. The van der Waals surface area contributed by atoms with Crippen LogP contribution in [-0.4, -0.2) is 65.0 Å². The molecule has 0 bridgehead atoms. The highest BCUT2D eigenvalue weighted by Gasteiger charge is 2.19. The Hall–Kier alpha value is -2.62. The van der Waals surface area contributed by atoms with Gasteiger partial charge in [0.05, 0.1) is 17.1 Å². The maximum absolute atomic E-state index is 12.6. The zero-order chi connectivity index (χ0) is 20.9. The molecule has 0 saturated carbocycles. The number of halogens is 1. The Labute approximate surface area is 183 Å². The summed E-state index contributed by atoms with van der Waals surface area (Å²) in [6, 6.07) is 9.15. The van der Waals surface area contributed by atoms with Gasteiger partial charge in [-0.05, 0) is 37.4 Å². The Balaban J connectivity index is 1.38. The van der Waals surface area contributed by atoms with E-state index < -0.39 is 0 Å². The minimum Gasteiger partial charge on any atom is -0.411 e. The molecule has 0 spiro atoms. The molecule has 10 heteroatoms. The van der Waals surface area contributed by atoms with E-state index in [2.05, 4.69) is 37.3 Å². The summed E-state index contributed by atoms with van der Waals surface area (Å²) < 4.78 is 5.62. The number of piperazine rings is 1. The van der Waals surface area contributed by atoms with Gasteiger partial charge >= 0.3 is 0 Å². The van der Waals surface area contributed by atoms with Gasteiger partial charge in [-0.3, -0.25) is 9.78 Å². The molecule has 8 nitrogen and oxygen atoms in total. The minimum atomic E-state index is -0.165. The molecular formula is C20H21ClN6O2S. The van der Waals surface area contributed by atoms with Crippen molar-refractivity contribution in [1.29, 1.82) is 0 Å². The molecule has 1 saturated heterocycles. The number of likely N-dealkylation sites (N-methyl/N-ethyl adjacent to an activating group) is 1. The first-order valence-corrected chi connectivity index (χ1v) is 10.8. The number of carbonyl (C=O) groups excluding carboxylic acids is 1. The van der Waals surface area contributed by atoms with E-state index in [-0.39, 0.29) is 11.7 Å². The molecule has 0 aliphatic carbocycles. The van der Waals surface area contributed by atoms with Crippen LogP contribution in [0.2, 0.25) is 5.02 Å². The molecule has 30 heavy (non-hydrogen) atoms. The summed E-state index contributed by atoms with van der Waals surface area (Å²) in [7, 11) is 2.11. The van der Waals surface area contributed by atoms with Crippen molar-refractivity contribution in [3.8, 4) is 11.5 Å². The molecule has 0 unspecified atom stereocenters. The number of hydrogen-bond acceptors (Lipinski definition) is 8. The third kappa shape index (κ3) is 5.10. The van der Waals surface area contributed by atoms with Crippen molar-refractivity contribution in [2.75, 3.05) is 49.2 Å². The Kier molecular flexibility index (Phi) is 6.51. The van der Waals surface area contributed by atoms with E-state index in [0.29, 0.717) is 21.8 Å². The number of thioether (sulfide) groups is 1. The SMILES string of the molecule is CN1CCN(c2ccc(Cl)cc2NC(=O)CSc2nnc(-c3ccncc3)o2)CC1. The Morgan fingerprint density at radius 1 is 1.17 bits per heavy atom. The Bertz CT molecular complexity index is 1010. The first-order chi connectivity index (χ1) is 14.6. The molecule has 1 amide bonds. The fourth-order valence-electron chi connectivity index (χ4n) is 3.12. The van der Waals surface area contributed by atoms with Crippen molar-refractivity contribution in [1.82, 2.24) is 20.1 Å². The number of anilines is 2. The van der Waals surface area contributed by atoms with E-state index in [1.165, 1.54) is 11.8 Å². The van der Waals surface area contributed by atoms with Crippen LogP contribution in [0.15, 0.2) is 52.4 Å². The van der Waals surface area contributed by atoms with Crippen LogP contribution in [0, 0.1) is 0 Å². The van der Waals surface area contributed by atoms with Crippen LogP contribution < -0.4 is 10.2 Å². The van der Waals surface area contributed by atoms with Gasteiger partial charge in [0.2, 0.25) is 11.8 Å². The zero-order valence-electron chi connectivity index (χ0n) is 16.4. The lowest BCUT2D eigenvalue weighted by molar-refractivity contribution is -0.113. The normalized spacial score (nSPS) is 14.7. The summed E-state index contributed by atoms with van der Waals surface area (Å²) in [6.45, 7) is 3.75. The Morgan fingerprint density at radius 3 is 2.70 bits per heavy atom. The lowest BCUT2D eigenvalue weighted by Crippen LogP contribution is -2.44. The van der Waals surface area contributed by atoms with Crippen LogP contribution >= 0.6 is 23.4 Å². The van der Waals surface area contributed by atoms with Gasteiger partial charge in [0.1, 0.15) is 0 Å². The second-order valence-corrected chi connectivity index (χ2v) is 8.26. The maximum atomic E-state index is 12.6. The average molecular weight is 445 g/mol. The molecule has 1 aromatic carbocycles. The van der Waals surface area contributed by atoms with Crippen LogP contribution in [0.5, 0.6) is 0 Å². The number of hydrogen-bond donors (Lipinski definition) is 1. The highest BCUT2D eigenvalue weighted by atomic mass is 35.5. The van der Waals surface area contributed by atoms with Crippen molar-refractivity contribution < 1.29 is 9.21 Å². The van der Waals surface area contributed by atoms with Gasteiger partial charge in [0, 0.05) is 49.2 Å². The molecule has 3 heterocycles. The molecule has 1 fully saturated rings. The smallest absolute Gasteiger partial charge is 0.277 e. The number of pyridine rings is 1. The molecule has 2 aromatic heterocycles. The van der Waals surface area contributed by atoms with Crippen molar-refractivity contribution >= 4 is 40.6 Å². The van der Waals surface area contributed by atoms with Crippen LogP contribution in [-0.2, 0) is 4.79 Å². The summed E-state index contributed by atoms with van der Waals surface area (Å²) in [5.41, 5.74) is 2.47. The number of nitrogens with one attached hydrogen (secondary N) is 1. The zero-order valence-corrected chi connectivity index (χ0v) is 18.0. The summed E-state index contributed by atoms with van der Waals surface area (Å²) in [5.74, 6) is 0.376. The second-order valence-electron chi connectivity index (χ2n) is 6.90. The highest BCUT2D eigenvalue weighted by Crippen LogP contribution is 2.30. The van der Waals surface area contributed by atoms with Gasteiger partial charge in [0.25, 0.3) is 5.22 Å². The van der Waals surface area contributed by atoms with E-state index in [0.717, 1.165) is 37.4 Å². The third-order valence-electron chi connectivity index (χ3n) is 4.74. The van der Waals surface area contributed by atoms with Crippen LogP contribution in [0.3, 0.4) is 0 Å². The predicted octanol–water partition coefficient (Wildman–Crippen LogP) is 3.27. The van der Waals surface area contributed by atoms with E-state index >= 15 is 0 Å². The molecule has 3 aromatic rings. The van der Waals surface area contributed by atoms with Gasteiger partial charge in [-0.1, -0.05) is 23.4 Å².